The standard InChI is InChI=1S/C19H17N3O3S/c1-2-9-21-18-15(11-5-3-6-12(20)10-11)17-16-13(19(18)23)7-4-8-14(16)26(24,25)22-17/h3-8,10,22H,2,9,20H2,1H3. The summed E-state index contributed by atoms with van der Waals surface area (Å²) in [7, 11) is -3.71. The second-order valence-corrected chi connectivity index (χ2v) is 7.87. The molecule has 2 aromatic rings. The largest absolute Gasteiger partial charge is 0.399 e. The van der Waals surface area contributed by atoms with E-state index in [1.165, 1.54) is 6.07 Å². The van der Waals surface area contributed by atoms with Crippen molar-refractivity contribution < 1.29 is 13.2 Å². The molecule has 0 radical (unpaired) electrons. The van der Waals surface area contributed by atoms with Crippen molar-refractivity contribution in [1.82, 2.24) is 4.72 Å². The molecule has 132 valence electrons. The number of ketones is 1. The number of hydrogen-bond donors (Lipinski definition) is 2. The third-order valence-electron chi connectivity index (χ3n) is 4.42. The van der Waals surface area contributed by atoms with E-state index in [-0.39, 0.29) is 16.4 Å². The molecule has 0 fully saturated rings. The van der Waals surface area contributed by atoms with Crippen molar-refractivity contribution in [3.8, 4) is 0 Å². The summed E-state index contributed by atoms with van der Waals surface area (Å²) >= 11 is 0. The van der Waals surface area contributed by atoms with Gasteiger partial charge in [0.15, 0.2) is 0 Å². The molecule has 0 aromatic heterocycles. The van der Waals surface area contributed by atoms with Crippen molar-refractivity contribution >= 4 is 38.5 Å². The SMILES string of the molecule is CCCN=C1C(=O)c2cccc3c2C(=C1c1cccc(N)c1)NS3(=O)=O. The molecular weight excluding hydrogens is 350 g/mol. The lowest BCUT2D eigenvalue weighted by Crippen LogP contribution is -2.26. The zero-order chi connectivity index (χ0) is 18.5. The maximum atomic E-state index is 13.1. The third kappa shape index (κ3) is 2.35. The summed E-state index contributed by atoms with van der Waals surface area (Å²) in [6.07, 6.45) is 0.773. The Balaban J connectivity index is 2.11. The third-order valence-corrected chi connectivity index (χ3v) is 5.81. The van der Waals surface area contributed by atoms with E-state index < -0.39 is 10.0 Å². The van der Waals surface area contributed by atoms with Crippen molar-refractivity contribution in [3.05, 3.63) is 59.2 Å². The van der Waals surface area contributed by atoms with E-state index in [1.54, 1.807) is 36.4 Å². The topological polar surface area (TPSA) is 102 Å². The lowest BCUT2D eigenvalue weighted by atomic mass is 9.83. The maximum Gasteiger partial charge on any atom is 0.262 e. The normalized spacial score (nSPS) is 18.8. The predicted molar refractivity (Wildman–Crippen MR) is 101 cm³/mol. The summed E-state index contributed by atoms with van der Waals surface area (Å²) in [6.45, 7) is 2.44. The Hall–Kier alpha value is -2.93. The summed E-state index contributed by atoms with van der Waals surface area (Å²) < 4.78 is 27.7. The van der Waals surface area contributed by atoms with E-state index in [1.807, 2.05) is 6.92 Å². The van der Waals surface area contributed by atoms with Gasteiger partial charge in [0, 0.05) is 28.9 Å². The van der Waals surface area contributed by atoms with Crippen molar-refractivity contribution in [3.63, 3.8) is 0 Å². The number of carbonyl (C=O) groups is 1. The number of nitrogens with one attached hydrogen (secondary N) is 1. The van der Waals surface area contributed by atoms with Gasteiger partial charge in [-0.3, -0.25) is 14.5 Å². The average Bonchev–Trinajstić information content (AvgIpc) is 2.88. The second-order valence-electron chi connectivity index (χ2n) is 6.22. The summed E-state index contributed by atoms with van der Waals surface area (Å²) in [5.74, 6) is -0.268. The highest BCUT2D eigenvalue weighted by Crippen LogP contribution is 2.42. The molecule has 0 saturated carbocycles. The Morgan fingerprint density at radius 3 is 2.65 bits per heavy atom. The van der Waals surface area contributed by atoms with Crippen LogP contribution in [0.1, 0.15) is 34.8 Å². The molecule has 0 amide bonds. The molecule has 1 aliphatic carbocycles. The molecule has 0 atom stereocenters. The van der Waals surface area contributed by atoms with Gasteiger partial charge in [-0.2, -0.15) is 0 Å². The first-order chi connectivity index (χ1) is 12.4. The molecule has 2 aliphatic rings. The number of sulfonamides is 1. The number of nitrogen functional groups attached to an aromatic ring is 1. The molecule has 0 spiro atoms. The fraction of sp³-hybridized carbons (Fsp3) is 0.158. The zero-order valence-corrected chi connectivity index (χ0v) is 14.9. The Kier molecular flexibility index (Phi) is 3.69. The van der Waals surface area contributed by atoms with Gasteiger partial charge < -0.3 is 5.73 Å². The van der Waals surface area contributed by atoms with Gasteiger partial charge in [-0.25, -0.2) is 8.42 Å². The van der Waals surface area contributed by atoms with Gasteiger partial charge in [-0.05, 0) is 30.2 Å². The van der Waals surface area contributed by atoms with E-state index >= 15 is 0 Å². The van der Waals surface area contributed by atoms with E-state index in [9.17, 15) is 13.2 Å². The number of carbonyl (C=O) groups excluding carboxylic acids is 1. The van der Waals surface area contributed by atoms with Crippen molar-refractivity contribution in [1.29, 1.82) is 0 Å². The molecule has 3 N–H and O–H groups in total. The lowest BCUT2D eigenvalue weighted by molar-refractivity contribution is 0.106. The summed E-state index contributed by atoms with van der Waals surface area (Å²) in [5, 5.41) is 0. The quantitative estimate of drug-likeness (QED) is 0.814. The molecule has 2 aromatic carbocycles. The molecule has 6 nitrogen and oxygen atoms in total. The fourth-order valence-electron chi connectivity index (χ4n) is 3.33. The first-order valence-electron chi connectivity index (χ1n) is 8.30. The molecule has 0 saturated heterocycles. The van der Waals surface area contributed by atoms with Gasteiger partial charge in [0.05, 0.1) is 10.6 Å². The number of aliphatic imine (C=N–C) groups is 1. The van der Waals surface area contributed by atoms with Gasteiger partial charge in [-0.1, -0.05) is 31.2 Å². The van der Waals surface area contributed by atoms with E-state index in [4.69, 9.17) is 5.73 Å². The first kappa shape index (κ1) is 16.5. The molecule has 26 heavy (non-hydrogen) atoms. The van der Waals surface area contributed by atoms with Gasteiger partial charge in [0.2, 0.25) is 5.78 Å². The van der Waals surface area contributed by atoms with E-state index in [0.29, 0.717) is 40.2 Å². The van der Waals surface area contributed by atoms with Crippen LogP contribution in [-0.4, -0.2) is 26.5 Å². The van der Waals surface area contributed by atoms with Crippen LogP contribution < -0.4 is 10.5 Å². The predicted octanol–water partition coefficient (Wildman–Crippen LogP) is 2.48. The van der Waals surface area contributed by atoms with Crippen LogP contribution in [0.15, 0.2) is 52.4 Å². The molecule has 1 aliphatic heterocycles. The Bertz CT molecular complexity index is 1110. The monoisotopic (exact) mass is 367 g/mol. The maximum absolute atomic E-state index is 13.1. The molecule has 4 rings (SSSR count). The van der Waals surface area contributed by atoms with Crippen molar-refractivity contribution in [2.24, 2.45) is 4.99 Å². The average molecular weight is 367 g/mol. The van der Waals surface area contributed by atoms with Gasteiger partial charge >= 0.3 is 0 Å². The van der Waals surface area contributed by atoms with Crippen LogP contribution in [0.5, 0.6) is 0 Å². The summed E-state index contributed by atoms with van der Waals surface area (Å²) in [4.78, 5) is 17.7. The number of Topliss-reactive ketones (excluding diaryl/α,β-unsaturated/α-hetero) is 1. The molecule has 0 bridgehead atoms. The number of nitrogens with two attached hydrogens (primary N) is 1. The Morgan fingerprint density at radius 1 is 1.15 bits per heavy atom. The first-order valence-corrected chi connectivity index (χ1v) is 9.78. The zero-order valence-electron chi connectivity index (χ0n) is 14.1. The number of nitrogens with zero attached hydrogens (tertiary/aromatic N) is 1. The van der Waals surface area contributed by atoms with Crippen LogP contribution in [0.4, 0.5) is 5.69 Å². The minimum atomic E-state index is -3.71. The number of rotatable bonds is 3. The number of anilines is 1. The molecule has 7 heteroatoms. The highest BCUT2D eigenvalue weighted by Gasteiger charge is 2.41. The van der Waals surface area contributed by atoms with E-state index in [0.717, 1.165) is 6.42 Å². The lowest BCUT2D eigenvalue weighted by Gasteiger charge is -2.21. The van der Waals surface area contributed by atoms with Crippen molar-refractivity contribution in [2.45, 2.75) is 18.2 Å². The minimum Gasteiger partial charge on any atom is -0.399 e. The number of allylic oxidation sites excluding steroid dienone is 1. The molecule has 1 heterocycles. The second kappa shape index (κ2) is 5.81. The highest BCUT2D eigenvalue weighted by atomic mass is 32.2. The molecular formula is C19H17N3O3S. The van der Waals surface area contributed by atoms with E-state index in [2.05, 4.69) is 9.71 Å². The van der Waals surface area contributed by atoms with Crippen LogP contribution >= 0.6 is 0 Å². The Labute approximate surface area is 151 Å². The van der Waals surface area contributed by atoms with Gasteiger partial charge in [0.1, 0.15) is 5.71 Å². The van der Waals surface area contributed by atoms with Crippen LogP contribution in [-0.2, 0) is 10.0 Å². The van der Waals surface area contributed by atoms with Gasteiger partial charge in [0.25, 0.3) is 10.0 Å². The highest BCUT2D eigenvalue weighted by molar-refractivity contribution is 7.90. The van der Waals surface area contributed by atoms with Crippen LogP contribution in [0.2, 0.25) is 0 Å². The number of hydrogen-bond acceptors (Lipinski definition) is 5. The van der Waals surface area contributed by atoms with Crippen molar-refractivity contribution in [2.75, 3.05) is 12.3 Å². The van der Waals surface area contributed by atoms with Gasteiger partial charge in [-0.15, -0.1) is 0 Å². The Morgan fingerprint density at radius 2 is 1.92 bits per heavy atom. The van der Waals surface area contributed by atoms with Crippen LogP contribution in [0.25, 0.3) is 11.3 Å². The smallest absolute Gasteiger partial charge is 0.262 e. The summed E-state index contributed by atoms with van der Waals surface area (Å²) in [6, 6.07) is 11.8. The van der Waals surface area contributed by atoms with Crippen LogP contribution in [0.3, 0.4) is 0 Å². The minimum absolute atomic E-state index is 0.120. The van der Waals surface area contributed by atoms with Crippen LogP contribution in [0, 0.1) is 0 Å². The number of benzene rings is 2. The fourth-order valence-corrected chi connectivity index (χ4v) is 4.65. The molecule has 0 unspecified atom stereocenters. The summed E-state index contributed by atoms with van der Waals surface area (Å²) in [5.41, 5.74) is 9.02.